The fraction of sp³-hybridized carbons (Fsp3) is 0.636. The number of likely N-dealkylation sites (N-methyl/N-ethyl adjacent to an activating group) is 2. The normalized spacial score (nSPS) is 12.8. The summed E-state index contributed by atoms with van der Waals surface area (Å²) >= 11 is 0. The van der Waals surface area contributed by atoms with E-state index in [0.29, 0.717) is 6.54 Å². The summed E-state index contributed by atoms with van der Waals surface area (Å²) in [6.45, 7) is 9.18. The summed E-state index contributed by atoms with van der Waals surface area (Å²) < 4.78 is 0. The first kappa shape index (κ1) is 15.8. The summed E-state index contributed by atoms with van der Waals surface area (Å²) in [5, 5.41) is 6.16. The molecule has 0 aromatic heterocycles. The van der Waals surface area contributed by atoms with Gasteiger partial charge >= 0.3 is 0 Å². The molecular weight excluding hydrogens is 174 g/mol. The molecule has 0 radical (unpaired) electrons. The predicted octanol–water partition coefficient (Wildman–Crippen LogP) is 0.891. The highest BCUT2D eigenvalue weighted by Gasteiger charge is 2.05. The van der Waals surface area contributed by atoms with Crippen molar-refractivity contribution in [3.63, 3.8) is 0 Å². The van der Waals surface area contributed by atoms with Crippen molar-refractivity contribution in [3.8, 4) is 0 Å². The summed E-state index contributed by atoms with van der Waals surface area (Å²) in [4.78, 5) is 0. The molecule has 3 nitrogen and oxygen atoms in total. The quantitative estimate of drug-likeness (QED) is 0.557. The Morgan fingerprint density at radius 1 is 1.43 bits per heavy atom. The third-order valence-electron chi connectivity index (χ3n) is 1.76. The van der Waals surface area contributed by atoms with Gasteiger partial charge in [-0.15, -0.1) is 0 Å². The molecule has 0 rings (SSSR count). The molecule has 0 bridgehead atoms. The molecule has 0 amide bonds. The zero-order valence-electron chi connectivity index (χ0n) is 9.93. The van der Waals surface area contributed by atoms with Crippen LogP contribution in [0.5, 0.6) is 0 Å². The van der Waals surface area contributed by atoms with Crippen LogP contribution in [0.25, 0.3) is 0 Å². The molecule has 0 saturated carbocycles. The van der Waals surface area contributed by atoms with E-state index in [1.165, 1.54) is 0 Å². The van der Waals surface area contributed by atoms with Crippen molar-refractivity contribution >= 4 is 0 Å². The van der Waals surface area contributed by atoms with Crippen molar-refractivity contribution in [2.75, 3.05) is 27.2 Å². The molecule has 4 N–H and O–H groups in total. The molecular formula is C11H25N3. The van der Waals surface area contributed by atoms with E-state index in [1.54, 1.807) is 0 Å². The standard InChI is InChI=1S/C9H19N3.C2H6/c1-4-8(5-6-11-2)9(7-10)12-3;1-2/h4-5,9,11-12H,1,6-7,10H2,2-3H3;1-2H3/b8-5+;. The van der Waals surface area contributed by atoms with Gasteiger partial charge in [0.05, 0.1) is 0 Å². The highest BCUT2D eigenvalue weighted by Crippen LogP contribution is 2.00. The molecule has 1 unspecified atom stereocenters. The second-order valence-corrected chi connectivity index (χ2v) is 2.54. The lowest BCUT2D eigenvalue weighted by Gasteiger charge is -2.14. The number of nitrogens with two attached hydrogens (primary N) is 1. The lowest BCUT2D eigenvalue weighted by atomic mass is 10.1. The van der Waals surface area contributed by atoms with Crippen LogP contribution in [-0.2, 0) is 0 Å². The number of nitrogens with one attached hydrogen (secondary N) is 2. The molecule has 1 atom stereocenters. The predicted molar refractivity (Wildman–Crippen MR) is 65.5 cm³/mol. The molecule has 0 spiro atoms. The highest BCUT2D eigenvalue weighted by atomic mass is 14.9. The fourth-order valence-corrected chi connectivity index (χ4v) is 1.01. The molecule has 0 aliphatic heterocycles. The van der Waals surface area contributed by atoms with Gasteiger partial charge in [-0.2, -0.15) is 0 Å². The summed E-state index contributed by atoms with van der Waals surface area (Å²) in [6, 6.07) is 0.218. The minimum atomic E-state index is 0.218. The number of hydrogen-bond donors (Lipinski definition) is 3. The Labute approximate surface area is 88.5 Å². The molecule has 0 aromatic carbocycles. The number of rotatable bonds is 6. The second-order valence-electron chi connectivity index (χ2n) is 2.54. The van der Waals surface area contributed by atoms with E-state index in [9.17, 15) is 0 Å². The maximum Gasteiger partial charge on any atom is 0.0439 e. The Morgan fingerprint density at radius 3 is 2.29 bits per heavy atom. The Bertz CT molecular complexity index is 149. The van der Waals surface area contributed by atoms with E-state index in [2.05, 4.69) is 23.3 Å². The van der Waals surface area contributed by atoms with Crippen molar-refractivity contribution in [2.24, 2.45) is 5.73 Å². The molecule has 0 fully saturated rings. The van der Waals surface area contributed by atoms with Gasteiger partial charge in [0.15, 0.2) is 0 Å². The maximum atomic E-state index is 5.56. The van der Waals surface area contributed by atoms with E-state index in [-0.39, 0.29) is 6.04 Å². The third-order valence-corrected chi connectivity index (χ3v) is 1.76. The highest BCUT2D eigenvalue weighted by molar-refractivity contribution is 5.23. The Kier molecular flexibility index (Phi) is 14.0. The maximum absolute atomic E-state index is 5.56. The first-order chi connectivity index (χ1) is 6.79. The molecule has 0 heterocycles. The summed E-state index contributed by atoms with van der Waals surface area (Å²) in [5.74, 6) is 0. The van der Waals surface area contributed by atoms with Gasteiger partial charge in [0, 0.05) is 19.1 Å². The second kappa shape index (κ2) is 12.4. The lowest BCUT2D eigenvalue weighted by Crippen LogP contribution is -2.34. The molecule has 0 aliphatic carbocycles. The SMILES string of the molecule is C=C/C(=C\CNC)C(CN)NC.CC. The van der Waals surface area contributed by atoms with Gasteiger partial charge in [-0.05, 0) is 19.7 Å². The van der Waals surface area contributed by atoms with Crippen LogP contribution in [0.4, 0.5) is 0 Å². The van der Waals surface area contributed by atoms with Gasteiger partial charge < -0.3 is 16.4 Å². The van der Waals surface area contributed by atoms with Crippen molar-refractivity contribution < 1.29 is 0 Å². The van der Waals surface area contributed by atoms with Crippen LogP contribution < -0.4 is 16.4 Å². The largest absolute Gasteiger partial charge is 0.329 e. The van der Waals surface area contributed by atoms with Crippen molar-refractivity contribution in [1.82, 2.24) is 10.6 Å². The van der Waals surface area contributed by atoms with Crippen LogP contribution in [0, 0.1) is 0 Å². The Hall–Kier alpha value is -0.640. The zero-order valence-corrected chi connectivity index (χ0v) is 9.93. The van der Waals surface area contributed by atoms with Crippen molar-refractivity contribution in [2.45, 2.75) is 19.9 Å². The van der Waals surface area contributed by atoms with Crippen LogP contribution in [-0.4, -0.2) is 33.2 Å². The monoisotopic (exact) mass is 199 g/mol. The summed E-state index contributed by atoms with van der Waals surface area (Å²) in [5.41, 5.74) is 6.71. The minimum absolute atomic E-state index is 0.218. The number of hydrogen-bond acceptors (Lipinski definition) is 3. The van der Waals surface area contributed by atoms with Crippen LogP contribution in [0.15, 0.2) is 24.3 Å². The van der Waals surface area contributed by atoms with Gasteiger partial charge in [0.2, 0.25) is 0 Å². The molecule has 0 aliphatic rings. The molecule has 3 heteroatoms. The van der Waals surface area contributed by atoms with Crippen molar-refractivity contribution in [3.05, 3.63) is 24.3 Å². The van der Waals surface area contributed by atoms with Gasteiger partial charge in [0.1, 0.15) is 0 Å². The summed E-state index contributed by atoms with van der Waals surface area (Å²) in [6.07, 6.45) is 3.92. The Balaban J connectivity index is 0. The molecule has 0 saturated heterocycles. The van der Waals surface area contributed by atoms with Crippen LogP contribution in [0.1, 0.15) is 13.8 Å². The fourth-order valence-electron chi connectivity index (χ4n) is 1.01. The lowest BCUT2D eigenvalue weighted by molar-refractivity contribution is 0.653. The molecule has 84 valence electrons. The van der Waals surface area contributed by atoms with E-state index >= 15 is 0 Å². The van der Waals surface area contributed by atoms with Gasteiger partial charge in [-0.25, -0.2) is 0 Å². The van der Waals surface area contributed by atoms with E-state index < -0.39 is 0 Å². The summed E-state index contributed by atoms with van der Waals surface area (Å²) in [7, 11) is 3.81. The van der Waals surface area contributed by atoms with E-state index in [0.717, 1.165) is 12.1 Å². The van der Waals surface area contributed by atoms with Gasteiger partial charge in [0.25, 0.3) is 0 Å². The van der Waals surface area contributed by atoms with Crippen molar-refractivity contribution in [1.29, 1.82) is 0 Å². The first-order valence-corrected chi connectivity index (χ1v) is 5.14. The molecule has 14 heavy (non-hydrogen) atoms. The van der Waals surface area contributed by atoms with Crippen LogP contribution in [0.3, 0.4) is 0 Å². The van der Waals surface area contributed by atoms with Crippen LogP contribution in [0.2, 0.25) is 0 Å². The van der Waals surface area contributed by atoms with Crippen LogP contribution >= 0.6 is 0 Å². The van der Waals surface area contributed by atoms with E-state index in [1.807, 2.05) is 34.0 Å². The topological polar surface area (TPSA) is 50.1 Å². The minimum Gasteiger partial charge on any atom is -0.329 e. The average molecular weight is 199 g/mol. The Morgan fingerprint density at radius 2 is 2.00 bits per heavy atom. The zero-order chi connectivity index (χ0) is 11.4. The van der Waals surface area contributed by atoms with Gasteiger partial charge in [-0.1, -0.05) is 32.6 Å². The van der Waals surface area contributed by atoms with E-state index in [4.69, 9.17) is 5.73 Å². The third kappa shape index (κ3) is 6.83. The smallest absolute Gasteiger partial charge is 0.0439 e. The molecule has 0 aromatic rings. The average Bonchev–Trinajstić information content (AvgIpc) is 2.27. The van der Waals surface area contributed by atoms with Gasteiger partial charge in [-0.3, -0.25) is 0 Å². The first-order valence-electron chi connectivity index (χ1n) is 5.14.